The van der Waals surface area contributed by atoms with Crippen molar-refractivity contribution < 1.29 is 28.7 Å². The van der Waals surface area contributed by atoms with Crippen LogP contribution in [0.25, 0.3) is 5.69 Å². The topological polar surface area (TPSA) is 167 Å². The van der Waals surface area contributed by atoms with Crippen LogP contribution < -0.4 is 21.6 Å². The molecule has 0 bridgehead atoms. The third-order valence-corrected chi connectivity index (χ3v) is 9.18. The molecule has 1 saturated carbocycles. The second-order valence-corrected chi connectivity index (χ2v) is 16.3. The van der Waals surface area contributed by atoms with Crippen LogP contribution in [0, 0.1) is 0 Å². The molecule has 2 fully saturated rings. The molecule has 5 amide bonds. The number of rotatable bonds is 9. The number of hydrogen-bond donors (Lipinski definition) is 3. The van der Waals surface area contributed by atoms with E-state index >= 15 is 0 Å². The molecule has 4 rings (SSSR count). The lowest BCUT2D eigenvalue weighted by atomic mass is 9.90. The first kappa shape index (κ1) is 41.1. The highest BCUT2D eigenvalue weighted by atomic mass is 16.6. The molecule has 15 heteroatoms. The highest BCUT2D eigenvalue weighted by molar-refractivity contribution is 5.90. The highest BCUT2D eigenvalue weighted by Gasteiger charge is 2.37. The van der Waals surface area contributed by atoms with Crippen molar-refractivity contribution in [2.24, 2.45) is 0 Å². The first-order chi connectivity index (χ1) is 24.7. The molecule has 1 aromatic carbocycles. The Balaban J connectivity index is 1.25. The molecule has 0 spiro atoms. The highest BCUT2D eigenvalue weighted by Crippen LogP contribution is 2.25. The molecule has 292 valence electrons. The monoisotopic (exact) mass is 738 g/mol. The number of ether oxygens (including phenoxy) is 2. The average molecular weight is 739 g/mol. The van der Waals surface area contributed by atoms with Gasteiger partial charge in [0.15, 0.2) is 0 Å². The van der Waals surface area contributed by atoms with Crippen LogP contribution in [-0.2, 0) is 20.8 Å². The van der Waals surface area contributed by atoms with Crippen LogP contribution >= 0.6 is 0 Å². The molecule has 15 nitrogen and oxygen atoms in total. The van der Waals surface area contributed by atoms with Crippen molar-refractivity contribution >= 4 is 29.9 Å². The summed E-state index contributed by atoms with van der Waals surface area (Å²) in [6.45, 7) is 19.0. The number of alkyl carbamates (subject to hydrolysis) is 2. The van der Waals surface area contributed by atoms with Crippen LogP contribution in [0.4, 0.5) is 20.2 Å². The van der Waals surface area contributed by atoms with E-state index in [0.717, 1.165) is 44.3 Å². The van der Waals surface area contributed by atoms with Gasteiger partial charge in [-0.2, -0.15) is 4.98 Å². The van der Waals surface area contributed by atoms with Crippen LogP contribution in [0.1, 0.15) is 93.6 Å². The normalized spacial score (nSPS) is 18.3. The van der Waals surface area contributed by atoms with E-state index in [-0.39, 0.29) is 50.0 Å². The molecular formula is C38H58N8O7. The maximum atomic E-state index is 13.2. The Kier molecular flexibility index (Phi) is 13.2. The number of benzene rings is 1. The van der Waals surface area contributed by atoms with Crippen molar-refractivity contribution in [3.63, 3.8) is 0 Å². The Bertz CT molecular complexity index is 1650. The third kappa shape index (κ3) is 12.2. The molecule has 0 atom stereocenters. The minimum Gasteiger partial charge on any atom is -0.444 e. The molecule has 2 heterocycles. The number of nitrogens with zero attached hydrogens (tertiary/aromatic N) is 5. The van der Waals surface area contributed by atoms with Gasteiger partial charge in [-0.3, -0.25) is 19.6 Å². The van der Waals surface area contributed by atoms with E-state index in [4.69, 9.17) is 9.47 Å². The zero-order chi connectivity index (χ0) is 39.1. The molecular weight excluding hydrogens is 680 g/mol. The number of urea groups is 1. The number of aromatic nitrogens is 2. The molecule has 2 aromatic rings. The molecule has 1 aromatic heterocycles. The van der Waals surface area contributed by atoms with Gasteiger partial charge in [0.25, 0.3) is 0 Å². The number of piperazine rings is 1. The third-order valence-electron chi connectivity index (χ3n) is 9.18. The maximum absolute atomic E-state index is 13.2. The van der Waals surface area contributed by atoms with Crippen LogP contribution in [0.5, 0.6) is 0 Å². The molecule has 1 saturated heterocycles. The maximum Gasteiger partial charge on any atom is 0.408 e. The summed E-state index contributed by atoms with van der Waals surface area (Å²) in [6, 6.07) is 9.47. The predicted molar refractivity (Wildman–Crippen MR) is 202 cm³/mol. The summed E-state index contributed by atoms with van der Waals surface area (Å²) in [5, 5.41) is 8.34. The Morgan fingerprint density at radius 2 is 1.38 bits per heavy atom. The summed E-state index contributed by atoms with van der Waals surface area (Å²) in [5.41, 5.74) is -1.15. The smallest absolute Gasteiger partial charge is 0.408 e. The fraction of sp³-hybridized carbons (Fsp3) is 0.632. The minimum atomic E-state index is -1.19. The lowest BCUT2D eigenvalue weighted by Crippen LogP contribution is -2.60. The lowest BCUT2D eigenvalue weighted by Gasteiger charge is -2.38. The summed E-state index contributed by atoms with van der Waals surface area (Å²) in [6.07, 6.45) is 4.32. The van der Waals surface area contributed by atoms with Crippen molar-refractivity contribution in [3.05, 3.63) is 52.6 Å². The number of anilines is 1. The number of nitrogens with one attached hydrogen (secondary N) is 3. The summed E-state index contributed by atoms with van der Waals surface area (Å²) < 4.78 is 12.1. The lowest BCUT2D eigenvalue weighted by molar-refractivity contribution is -0.138. The van der Waals surface area contributed by atoms with E-state index in [9.17, 15) is 24.0 Å². The fourth-order valence-electron chi connectivity index (χ4n) is 6.53. The van der Waals surface area contributed by atoms with Gasteiger partial charge in [0, 0.05) is 51.0 Å². The van der Waals surface area contributed by atoms with Gasteiger partial charge in [-0.1, -0.05) is 19.1 Å². The zero-order valence-electron chi connectivity index (χ0n) is 32.8. The molecule has 1 aliphatic carbocycles. The van der Waals surface area contributed by atoms with Gasteiger partial charge < -0.3 is 29.9 Å². The standard InChI is InChI=1S/C38H58N8O7/c1-10-43(28-17-13-27(14-18-28)39-34(50)52-36(2,3)4)25-26-11-15-29(16-12-26)46-20-19-30(41-33(46)49)40-32(48)45-23-21-44(22-24-45)31(47)38(8,9)42-35(51)53-37(5,6)7/h11-12,15-16,19-20,27-28H,10,13-14,17-18,21-25H2,1-9H3,(H,39,50)(H,42,51)(H,40,41,48,49)/t27-,28-. The number of amides is 5. The second kappa shape index (κ2) is 17.0. The van der Waals surface area contributed by atoms with Crippen LogP contribution in [-0.4, -0.2) is 110 Å². The van der Waals surface area contributed by atoms with Crippen LogP contribution in [0.2, 0.25) is 0 Å². The largest absolute Gasteiger partial charge is 0.444 e. The number of carbonyl (C=O) groups excluding carboxylic acids is 4. The van der Waals surface area contributed by atoms with Gasteiger partial charge in [-0.25, -0.2) is 19.2 Å². The van der Waals surface area contributed by atoms with E-state index in [2.05, 4.69) is 32.8 Å². The Morgan fingerprint density at radius 1 is 0.811 bits per heavy atom. The number of hydrogen-bond acceptors (Lipinski definition) is 9. The Hall–Kier alpha value is -4.66. The number of carbonyl (C=O) groups is 4. The molecule has 53 heavy (non-hydrogen) atoms. The minimum absolute atomic E-state index is 0.119. The van der Waals surface area contributed by atoms with Gasteiger partial charge in [0.05, 0.1) is 5.69 Å². The second-order valence-electron chi connectivity index (χ2n) is 16.3. The van der Waals surface area contributed by atoms with E-state index in [1.165, 1.54) is 4.57 Å². The molecule has 0 radical (unpaired) electrons. The summed E-state index contributed by atoms with van der Waals surface area (Å²) in [7, 11) is 0. The van der Waals surface area contributed by atoms with Crippen molar-refractivity contribution in [1.29, 1.82) is 0 Å². The van der Waals surface area contributed by atoms with E-state index in [1.54, 1.807) is 56.7 Å². The van der Waals surface area contributed by atoms with E-state index in [0.29, 0.717) is 11.7 Å². The van der Waals surface area contributed by atoms with Gasteiger partial charge in [0.2, 0.25) is 5.91 Å². The average Bonchev–Trinajstić information content (AvgIpc) is 3.06. The van der Waals surface area contributed by atoms with Crippen molar-refractivity contribution in [1.82, 2.24) is 34.9 Å². The van der Waals surface area contributed by atoms with Gasteiger partial charge >= 0.3 is 23.9 Å². The zero-order valence-corrected chi connectivity index (χ0v) is 32.8. The van der Waals surface area contributed by atoms with Crippen LogP contribution in [0.3, 0.4) is 0 Å². The predicted octanol–water partition coefficient (Wildman–Crippen LogP) is 4.87. The Labute approximate surface area is 312 Å². The van der Waals surface area contributed by atoms with Gasteiger partial charge in [-0.05, 0) is 111 Å². The summed E-state index contributed by atoms with van der Waals surface area (Å²) in [5.74, 6) is -0.151. The molecule has 3 N–H and O–H groups in total. The molecule has 2 aliphatic rings. The molecule has 1 aliphatic heterocycles. The van der Waals surface area contributed by atoms with E-state index < -0.39 is 34.6 Å². The van der Waals surface area contributed by atoms with Gasteiger partial charge in [-0.15, -0.1) is 0 Å². The summed E-state index contributed by atoms with van der Waals surface area (Å²) >= 11 is 0. The first-order valence-corrected chi connectivity index (χ1v) is 18.5. The van der Waals surface area contributed by atoms with Crippen LogP contribution in [0.15, 0.2) is 41.3 Å². The van der Waals surface area contributed by atoms with Crippen molar-refractivity contribution in [2.45, 2.75) is 123 Å². The van der Waals surface area contributed by atoms with Gasteiger partial charge in [0.1, 0.15) is 22.6 Å². The summed E-state index contributed by atoms with van der Waals surface area (Å²) in [4.78, 5) is 73.3. The first-order valence-electron chi connectivity index (χ1n) is 18.5. The van der Waals surface area contributed by atoms with E-state index in [1.807, 2.05) is 45.0 Å². The SMILES string of the molecule is CCN(Cc1ccc(-n2ccc(NC(=O)N3CCN(C(=O)C(C)(C)NC(=O)OC(C)(C)C)CC3)nc2=O)cc1)[C@H]1CC[C@H](NC(=O)OC(C)(C)C)CC1. The van der Waals surface area contributed by atoms with Crippen molar-refractivity contribution in [3.8, 4) is 5.69 Å². The fourth-order valence-corrected chi connectivity index (χ4v) is 6.53. The molecule has 0 unspecified atom stereocenters. The Morgan fingerprint density at radius 3 is 1.92 bits per heavy atom. The quantitative estimate of drug-likeness (QED) is 0.325. The van der Waals surface area contributed by atoms with Crippen molar-refractivity contribution in [2.75, 3.05) is 38.0 Å².